The molecule has 24 heavy (non-hydrogen) atoms. The molecular formula is C19H19FN2O2. The second-order valence-corrected chi connectivity index (χ2v) is 5.52. The Labute approximate surface area is 141 Å². The second kappa shape index (κ2) is 8.11. The van der Waals surface area contributed by atoms with Crippen LogP contribution in [0.4, 0.5) is 10.1 Å². The van der Waals surface area contributed by atoms with Crippen LogP contribution in [0.1, 0.15) is 17.5 Å². The molecule has 0 bridgehead atoms. The summed E-state index contributed by atoms with van der Waals surface area (Å²) >= 11 is 0. The summed E-state index contributed by atoms with van der Waals surface area (Å²) in [6, 6.07) is 13.7. The van der Waals surface area contributed by atoms with E-state index in [2.05, 4.69) is 0 Å². The van der Waals surface area contributed by atoms with Crippen molar-refractivity contribution in [2.24, 2.45) is 0 Å². The number of aryl methyl sites for hydroxylation is 2. The van der Waals surface area contributed by atoms with E-state index in [-0.39, 0.29) is 31.2 Å². The summed E-state index contributed by atoms with van der Waals surface area (Å²) in [7, 11) is 0. The minimum atomic E-state index is -0.514. The normalized spacial score (nSPS) is 10.1. The van der Waals surface area contributed by atoms with Crippen molar-refractivity contribution < 1.29 is 13.9 Å². The molecule has 0 aromatic heterocycles. The highest BCUT2D eigenvalue weighted by molar-refractivity contribution is 5.94. The van der Waals surface area contributed by atoms with Crippen LogP contribution in [0, 0.1) is 31.0 Å². The zero-order valence-corrected chi connectivity index (χ0v) is 13.8. The van der Waals surface area contributed by atoms with E-state index in [1.54, 1.807) is 12.1 Å². The number of anilines is 1. The third-order valence-corrected chi connectivity index (χ3v) is 3.45. The third-order valence-electron chi connectivity index (χ3n) is 3.45. The lowest BCUT2D eigenvalue weighted by molar-refractivity contribution is -0.120. The molecule has 2 aromatic rings. The molecule has 0 heterocycles. The molecule has 0 aliphatic carbocycles. The molecule has 0 N–H and O–H groups in total. The van der Waals surface area contributed by atoms with Crippen LogP contribution >= 0.6 is 0 Å². The van der Waals surface area contributed by atoms with Gasteiger partial charge in [-0.15, -0.1) is 0 Å². The molecule has 0 radical (unpaired) electrons. The van der Waals surface area contributed by atoms with E-state index in [1.807, 2.05) is 38.1 Å². The summed E-state index contributed by atoms with van der Waals surface area (Å²) in [4.78, 5) is 14.0. The van der Waals surface area contributed by atoms with Crippen LogP contribution in [0.2, 0.25) is 0 Å². The van der Waals surface area contributed by atoms with Crippen molar-refractivity contribution in [2.45, 2.75) is 20.3 Å². The molecule has 0 aliphatic heterocycles. The van der Waals surface area contributed by atoms with E-state index in [1.165, 1.54) is 17.0 Å². The molecule has 2 aromatic carbocycles. The molecule has 4 nitrogen and oxygen atoms in total. The van der Waals surface area contributed by atoms with Crippen molar-refractivity contribution >= 4 is 11.6 Å². The average molecular weight is 326 g/mol. The molecule has 0 saturated heterocycles. The molecule has 5 heteroatoms. The topological polar surface area (TPSA) is 53.3 Å². The molecule has 0 aliphatic rings. The minimum absolute atomic E-state index is 0.0338. The van der Waals surface area contributed by atoms with Gasteiger partial charge in [-0.3, -0.25) is 4.79 Å². The molecule has 0 saturated carbocycles. The SMILES string of the molecule is Cc1cc(C)cc(N(CCC#N)C(=O)COc2ccccc2F)c1. The first kappa shape index (κ1) is 17.5. The van der Waals surface area contributed by atoms with Crippen molar-refractivity contribution in [1.29, 1.82) is 5.26 Å². The standard InChI is InChI=1S/C19H19FN2O2/c1-14-10-15(2)12-16(11-14)22(9-5-8-21)19(23)13-24-18-7-4-3-6-17(18)20/h3-4,6-7,10-12H,5,9,13H2,1-2H3. The van der Waals surface area contributed by atoms with Crippen molar-refractivity contribution in [2.75, 3.05) is 18.1 Å². The van der Waals surface area contributed by atoms with E-state index in [0.717, 1.165) is 11.1 Å². The van der Waals surface area contributed by atoms with Gasteiger partial charge in [0.05, 0.1) is 12.5 Å². The fraction of sp³-hybridized carbons (Fsp3) is 0.263. The maximum absolute atomic E-state index is 13.6. The lowest BCUT2D eigenvalue weighted by atomic mass is 10.1. The molecular weight excluding hydrogens is 307 g/mol. The van der Waals surface area contributed by atoms with E-state index in [9.17, 15) is 9.18 Å². The first-order chi connectivity index (χ1) is 11.5. The zero-order chi connectivity index (χ0) is 17.5. The summed E-state index contributed by atoms with van der Waals surface area (Å²) < 4.78 is 18.9. The highest BCUT2D eigenvalue weighted by Crippen LogP contribution is 2.20. The maximum Gasteiger partial charge on any atom is 0.264 e. The smallest absolute Gasteiger partial charge is 0.264 e. The second-order valence-electron chi connectivity index (χ2n) is 5.52. The quantitative estimate of drug-likeness (QED) is 0.812. The van der Waals surface area contributed by atoms with Gasteiger partial charge in [0, 0.05) is 12.2 Å². The van der Waals surface area contributed by atoms with Gasteiger partial charge in [-0.25, -0.2) is 4.39 Å². The van der Waals surface area contributed by atoms with E-state index in [0.29, 0.717) is 5.69 Å². The monoisotopic (exact) mass is 326 g/mol. The third kappa shape index (κ3) is 4.56. The number of carbonyl (C=O) groups is 1. The Morgan fingerprint density at radius 1 is 1.21 bits per heavy atom. The number of carbonyl (C=O) groups excluding carboxylic acids is 1. The first-order valence-electron chi connectivity index (χ1n) is 7.64. The Bertz CT molecular complexity index is 748. The average Bonchev–Trinajstić information content (AvgIpc) is 2.53. The largest absolute Gasteiger partial charge is 0.481 e. The van der Waals surface area contributed by atoms with Gasteiger partial charge in [0.15, 0.2) is 18.2 Å². The number of para-hydroxylation sites is 1. The molecule has 0 fully saturated rings. The van der Waals surface area contributed by atoms with Crippen LogP contribution in [-0.4, -0.2) is 19.1 Å². The lowest BCUT2D eigenvalue weighted by Gasteiger charge is -2.23. The summed E-state index contributed by atoms with van der Waals surface area (Å²) in [5, 5.41) is 8.83. The number of amides is 1. The number of ether oxygens (including phenoxy) is 1. The van der Waals surface area contributed by atoms with Crippen LogP contribution in [0.25, 0.3) is 0 Å². The Hall–Kier alpha value is -2.87. The van der Waals surface area contributed by atoms with Crippen molar-refractivity contribution in [1.82, 2.24) is 0 Å². The Balaban J connectivity index is 2.16. The Kier molecular flexibility index (Phi) is 5.91. The van der Waals surface area contributed by atoms with E-state index >= 15 is 0 Å². The highest BCUT2D eigenvalue weighted by atomic mass is 19.1. The number of rotatable bonds is 6. The number of hydrogen-bond donors (Lipinski definition) is 0. The van der Waals surface area contributed by atoms with E-state index < -0.39 is 5.82 Å². The maximum atomic E-state index is 13.6. The van der Waals surface area contributed by atoms with Gasteiger partial charge in [-0.05, 0) is 49.2 Å². The van der Waals surface area contributed by atoms with Gasteiger partial charge in [-0.2, -0.15) is 5.26 Å². The molecule has 0 atom stereocenters. The van der Waals surface area contributed by atoms with Crippen molar-refractivity contribution in [3.05, 3.63) is 59.4 Å². The molecule has 0 unspecified atom stereocenters. The Morgan fingerprint density at radius 2 is 1.88 bits per heavy atom. The highest BCUT2D eigenvalue weighted by Gasteiger charge is 2.17. The van der Waals surface area contributed by atoms with Crippen LogP contribution in [0.5, 0.6) is 5.75 Å². The van der Waals surface area contributed by atoms with Gasteiger partial charge in [0.1, 0.15) is 0 Å². The van der Waals surface area contributed by atoms with Gasteiger partial charge in [0.2, 0.25) is 0 Å². The van der Waals surface area contributed by atoms with Gasteiger partial charge >= 0.3 is 0 Å². The number of benzene rings is 2. The molecule has 0 spiro atoms. The van der Waals surface area contributed by atoms with E-state index in [4.69, 9.17) is 10.00 Å². The predicted octanol–water partition coefficient (Wildman–Crippen LogP) is 3.77. The first-order valence-corrected chi connectivity index (χ1v) is 7.64. The molecule has 1 amide bonds. The van der Waals surface area contributed by atoms with Crippen LogP contribution in [0.15, 0.2) is 42.5 Å². The Morgan fingerprint density at radius 3 is 2.50 bits per heavy atom. The van der Waals surface area contributed by atoms with Crippen molar-refractivity contribution in [3.8, 4) is 11.8 Å². The number of nitrogens with zero attached hydrogens (tertiary/aromatic N) is 2. The van der Waals surface area contributed by atoms with Crippen molar-refractivity contribution in [3.63, 3.8) is 0 Å². The van der Waals surface area contributed by atoms with Crippen LogP contribution in [-0.2, 0) is 4.79 Å². The summed E-state index contributed by atoms with van der Waals surface area (Å²) in [5.74, 6) is -0.801. The van der Waals surface area contributed by atoms with Crippen LogP contribution in [0.3, 0.4) is 0 Å². The van der Waals surface area contributed by atoms with Gasteiger partial charge in [-0.1, -0.05) is 18.2 Å². The van der Waals surface area contributed by atoms with Gasteiger partial charge in [0.25, 0.3) is 5.91 Å². The zero-order valence-electron chi connectivity index (χ0n) is 13.8. The minimum Gasteiger partial charge on any atom is -0.481 e. The fourth-order valence-electron chi connectivity index (χ4n) is 2.45. The number of hydrogen-bond acceptors (Lipinski definition) is 3. The van der Waals surface area contributed by atoms with Gasteiger partial charge < -0.3 is 9.64 Å². The number of halogens is 1. The fourth-order valence-corrected chi connectivity index (χ4v) is 2.45. The van der Waals surface area contributed by atoms with Crippen LogP contribution < -0.4 is 9.64 Å². The lowest BCUT2D eigenvalue weighted by Crippen LogP contribution is -2.36. The summed E-state index contributed by atoms with van der Waals surface area (Å²) in [6.45, 7) is 3.86. The summed E-state index contributed by atoms with van der Waals surface area (Å²) in [5.41, 5.74) is 2.76. The molecule has 2 rings (SSSR count). The summed E-state index contributed by atoms with van der Waals surface area (Å²) in [6.07, 6.45) is 0.207. The number of nitriles is 1. The molecule has 124 valence electrons. The predicted molar refractivity (Wildman–Crippen MR) is 90.4 cm³/mol.